The monoisotopic (exact) mass is 662 g/mol. The molecule has 51 heavy (non-hydrogen) atoms. The van der Waals surface area contributed by atoms with Gasteiger partial charge in [0.15, 0.2) is 0 Å². The number of hydrogen-bond donors (Lipinski definition) is 0. The summed E-state index contributed by atoms with van der Waals surface area (Å²) in [5, 5.41) is 1.94. The van der Waals surface area contributed by atoms with Crippen molar-refractivity contribution >= 4 is 43.5 Å². The minimum atomic E-state index is -0.691. The highest BCUT2D eigenvalue weighted by atomic mass is 16.3. The SMILES string of the molecule is [2H]c1c([2H])c([2H])c(-c2c([2H])c([2H])c3c(oc4c([2H])c([2H])c([2H])c(-c5c6ccccc6c(-c6c([2H])c([2H])c(-c7ccccc7)c(-c7ccccc7)c6[2H])c6ccccc56)c43)c2[2H])c([2H])c1[2H]. The number of hydrogen-bond acceptors (Lipinski definition) is 1. The van der Waals surface area contributed by atoms with Crippen LogP contribution in [-0.2, 0) is 0 Å². The molecule has 1 nitrogen and oxygen atoms in total. The lowest BCUT2D eigenvalue weighted by molar-refractivity contribution is 0.669. The molecule has 0 saturated heterocycles. The fraction of sp³-hybridized carbons (Fsp3) is 0. The average Bonchev–Trinajstić information content (AvgIpc) is 3.73. The van der Waals surface area contributed by atoms with Gasteiger partial charge in [0.1, 0.15) is 11.2 Å². The van der Waals surface area contributed by atoms with Crippen LogP contribution in [0.5, 0.6) is 0 Å². The summed E-state index contributed by atoms with van der Waals surface area (Å²) in [6.45, 7) is 0. The third kappa shape index (κ3) is 4.86. The van der Waals surface area contributed by atoms with Crippen LogP contribution in [0.25, 0.3) is 99.1 Å². The normalized spacial score (nSPS) is 15.4. The molecule has 0 spiro atoms. The van der Waals surface area contributed by atoms with E-state index in [-0.39, 0.29) is 51.2 Å². The first-order chi connectivity index (χ1) is 31.2. The van der Waals surface area contributed by atoms with Crippen LogP contribution in [0.2, 0.25) is 0 Å². The Morgan fingerprint density at radius 1 is 0.333 bits per heavy atom. The van der Waals surface area contributed by atoms with E-state index in [1.165, 1.54) is 0 Å². The minimum absolute atomic E-state index is 0.00282. The molecule has 10 aromatic rings. The Balaban J connectivity index is 1.36. The van der Waals surface area contributed by atoms with E-state index in [9.17, 15) is 9.60 Å². The zero-order valence-electron chi connectivity index (χ0n) is 40.8. The predicted octanol–water partition coefficient (Wildman–Crippen LogP) is 14.2. The minimum Gasteiger partial charge on any atom is -0.456 e. The van der Waals surface area contributed by atoms with Crippen molar-refractivity contribution in [1.82, 2.24) is 0 Å². The molecule has 0 radical (unpaired) electrons. The van der Waals surface area contributed by atoms with E-state index in [4.69, 9.17) is 14.0 Å². The Morgan fingerprint density at radius 3 is 1.59 bits per heavy atom. The Bertz CT molecular complexity index is 3610. The van der Waals surface area contributed by atoms with Crippen molar-refractivity contribution in [1.29, 1.82) is 0 Å². The lowest BCUT2D eigenvalue weighted by atomic mass is 9.83. The summed E-state index contributed by atoms with van der Waals surface area (Å²) < 4.78 is 133. The number of fused-ring (bicyclic) bond motifs is 5. The highest BCUT2D eigenvalue weighted by Gasteiger charge is 2.21. The molecular weight excluding hydrogens is 617 g/mol. The summed E-state index contributed by atoms with van der Waals surface area (Å²) in [6.07, 6.45) is 0. The summed E-state index contributed by atoms with van der Waals surface area (Å²) in [6, 6.07) is 26.1. The molecule has 0 bridgehead atoms. The fourth-order valence-electron chi connectivity index (χ4n) is 6.98. The number of furan rings is 1. The summed E-state index contributed by atoms with van der Waals surface area (Å²) in [5.74, 6) is 0. The van der Waals surface area contributed by atoms with Crippen molar-refractivity contribution in [3.05, 3.63) is 194 Å². The van der Waals surface area contributed by atoms with Crippen LogP contribution in [0.1, 0.15) is 19.2 Å². The van der Waals surface area contributed by atoms with Crippen LogP contribution in [0, 0.1) is 0 Å². The molecule has 1 heterocycles. The lowest BCUT2D eigenvalue weighted by Gasteiger charge is -2.19. The van der Waals surface area contributed by atoms with Gasteiger partial charge in [-0.05, 0) is 101 Å². The number of benzene rings is 9. The Hall–Kier alpha value is -6.70. The van der Waals surface area contributed by atoms with E-state index in [1.54, 1.807) is 36.4 Å². The van der Waals surface area contributed by atoms with Crippen LogP contribution in [0.3, 0.4) is 0 Å². The lowest BCUT2D eigenvalue weighted by Crippen LogP contribution is -1.93. The largest absolute Gasteiger partial charge is 0.456 e. The van der Waals surface area contributed by atoms with Gasteiger partial charge in [0.25, 0.3) is 0 Å². The first kappa shape index (κ1) is 18.3. The van der Waals surface area contributed by atoms with E-state index in [0.717, 1.165) is 0 Å². The molecule has 0 aliphatic carbocycles. The third-order valence-corrected chi connectivity index (χ3v) is 9.19. The van der Waals surface area contributed by atoms with E-state index in [0.29, 0.717) is 54.9 Å². The molecule has 0 amide bonds. The van der Waals surface area contributed by atoms with Crippen molar-refractivity contribution in [3.63, 3.8) is 0 Å². The van der Waals surface area contributed by atoms with Gasteiger partial charge in [-0.25, -0.2) is 0 Å². The third-order valence-electron chi connectivity index (χ3n) is 9.19. The maximum atomic E-state index is 9.98. The van der Waals surface area contributed by atoms with Crippen molar-refractivity contribution in [2.24, 2.45) is 0 Å². The van der Waals surface area contributed by atoms with Crippen LogP contribution in [0.4, 0.5) is 0 Å². The van der Waals surface area contributed by atoms with Crippen molar-refractivity contribution < 1.29 is 23.6 Å². The maximum absolute atomic E-state index is 9.98. The zero-order valence-corrected chi connectivity index (χ0v) is 26.8. The first-order valence-corrected chi connectivity index (χ1v) is 16.4. The first-order valence-electron chi connectivity index (χ1n) is 23.4. The topological polar surface area (TPSA) is 13.1 Å². The molecule has 0 unspecified atom stereocenters. The second kappa shape index (κ2) is 12.0. The van der Waals surface area contributed by atoms with Gasteiger partial charge in [-0.3, -0.25) is 0 Å². The molecule has 0 atom stereocenters. The van der Waals surface area contributed by atoms with Crippen LogP contribution in [-0.4, -0.2) is 0 Å². The standard InChI is InChI=1S/C50H32O/c1-4-15-33(16-5-1)36-27-30-43-47(32-36)51-46-26-14-25-44(50(43)46)49-41-23-12-10-21-39(41)48(40-22-11-13-24-42(40)49)37-28-29-38(34-17-6-2-7-18-34)45(31-37)35-19-8-3-9-20-35/h1-32H/i1D,4D,5D,14D,15D,16D,25D,26D,27D,28D,29D,30D,31D,32D. The van der Waals surface area contributed by atoms with Crippen molar-refractivity contribution in [2.45, 2.75) is 0 Å². The summed E-state index contributed by atoms with van der Waals surface area (Å²) in [5.41, 5.74) is 1.91. The predicted molar refractivity (Wildman–Crippen MR) is 216 cm³/mol. The Morgan fingerprint density at radius 2 is 0.922 bits per heavy atom. The van der Waals surface area contributed by atoms with Crippen molar-refractivity contribution in [2.75, 3.05) is 0 Å². The highest BCUT2D eigenvalue weighted by Crippen LogP contribution is 2.48. The molecule has 0 aliphatic rings. The smallest absolute Gasteiger partial charge is 0.136 e. The van der Waals surface area contributed by atoms with Gasteiger partial charge in [0.05, 0.1) is 19.2 Å². The maximum Gasteiger partial charge on any atom is 0.136 e. The molecular formula is C50H32O. The molecule has 0 saturated carbocycles. The quantitative estimate of drug-likeness (QED) is 0.167. The zero-order chi connectivity index (χ0) is 45.9. The van der Waals surface area contributed by atoms with E-state index >= 15 is 0 Å². The highest BCUT2D eigenvalue weighted by molar-refractivity contribution is 6.25. The second-order valence-electron chi connectivity index (χ2n) is 12.1. The average molecular weight is 663 g/mol. The molecule has 0 N–H and O–H groups in total. The van der Waals surface area contributed by atoms with Crippen LogP contribution < -0.4 is 0 Å². The van der Waals surface area contributed by atoms with Crippen LogP contribution >= 0.6 is 0 Å². The number of rotatable bonds is 5. The van der Waals surface area contributed by atoms with E-state index < -0.39 is 77.6 Å². The van der Waals surface area contributed by atoms with Gasteiger partial charge >= 0.3 is 0 Å². The molecule has 238 valence electrons. The molecule has 1 heteroatoms. The molecule has 1 aromatic heterocycles. The second-order valence-corrected chi connectivity index (χ2v) is 12.1. The molecule has 9 aromatic carbocycles. The van der Waals surface area contributed by atoms with Gasteiger partial charge in [-0.2, -0.15) is 0 Å². The summed E-state index contributed by atoms with van der Waals surface area (Å²) >= 11 is 0. The van der Waals surface area contributed by atoms with Gasteiger partial charge < -0.3 is 4.42 Å². The molecule has 0 fully saturated rings. The van der Waals surface area contributed by atoms with Gasteiger partial charge in [-0.1, -0.05) is 170 Å². The summed E-state index contributed by atoms with van der Waals surface area (Å²) in [7, 11) is 0. The Labute approximate surface area is 316 Å². The summed E-state index contributed by atoms with van der Waals surface area (Å²) in [4.78, 5) is 0. The molecule has 10 rings (SSSR count). The van der Waals surface area contributed by atoms with E-state index in [1.807, 2.05) is 72.8 Å². The molecule has 0 aliphatic heterocycles. The van der Waals surface area contributed by atoms with Crippen molar-refractivity contribution in [3.8, 4) is 55.6 Å². The van der Waals surface area contributed by atoms with Gasteiger partial charge in [0, 0.05) is 10.8 Å². The van der Waals surface area contributed by atoms with Gasteiger partial charge in [0.2, 0.25) is 0 Å². The van der Waals surface area contributed by atoms with Crippen LogP contribution in [0.15, 0.2) is 198 Å². The fourth-order valence-corrected chi connectivity index (χ4v) is 6.98. The van der Waals surface area contributed by atoms with Gasteiger partial charge in [-0.15, -0.1) is 0 Å². The van der Waals surface area contributed by atoms with E-state index in [2.05, 4.69) is 0 Å². The Kier molecular flexibility index (Phi) is 4.32.